The van der Waals surface area contributed by atoms with E-state index in [2.05, 4.69) is 29.4 Å². The molecule has 1 aliphatic heterocycles. The quantitative estimate of drug-likeness (QED) is 0.584. The molecule has 0 amide bonds. The molecule has 1 fully saturated rings. The van der Waals surface area contributed by atoms with Gasteiger partial charge < -0.3 is 4.52 Å². The third kappa shape index (κ3) is 4.07. The van der Waals surface area contributed by atoms with Crippen molar-refractivity contribution in [1.82, 2.24) is 9.46 Å². The second kappa shape index (κ2) is 8.36. The zero-order valence-corrected chi connectivity index (χ0v) is 18.6. The minimum Gasteiger partial charge on any atom is -0.361 e. The number of rotatable bonds is 5. The van der Waals surface area contributed by atoms with Gasteiger partial charge >= 0.3 is 0 Å². The molecule has 0 atom stereocenters. The van der Waals surface area contributed by atoms with Crippen LogP contribution in [0.2, 0.25) is 0 Å². The molecule has 0 N–H and O–H groups in total. The van der Waals surface area contributed by atoms with Crippen LogP contribution in [-0.2, 0) is 16.4 Å². The average molecular weight is 425 g/mol. The predicted octanol–water partition coefficient (Wildman–Crippen LogP) is 4.91. The van der Waals surface area contributed by atoms with Crippen LogP contribution in [0.4, 0.5) is 0 Å². The number of hydrogen-bond donors (Lipinski definition) is 0. The minimum atomic E-state index is -3.55. The van der Waals surface area contributed by atoms with Gasteiger partial charge in [-0.05, 0) is 68.7 Å². The van der Waals surface area contributed by atoms with E-state index in [1.54, 1.807) is 10.4 Å². The van der Waals surface area contributed by atoms with Gasteiger partial charge in [0, 0.05) is 18.7 Å². The normalized spacial score (nSPS) is 16.1. The van der Waals surface area contributed by atoms with Gasteiger partial charge in [-0.1, -0.05) is 47.6 Å². The number of piperidine rings is 1. The SMILES string of the molecule is Cc1ccc(-c2c(C)noc2C)cc1S(=O)(=O)N1CCC(Cc2ccccc2)CC1. The predicted molar refractivity (Wildman–Crippen MR) is 118 cm³/mol. The van der Waals surface area contributed by atoms with Crippen molar-refractivity contribution in [1.29, 1.82) is 0 Å². The molecule has 0 spiro atoms. The Morgan fingerprint density at radius 3 is 2.37 bits per heavy atom. The van der Waals surface area contributed by atoms with Crippen molar-refractivity contribution >= 4 is 10.0 Å². The molecule has 0 saturated carbocycles. The van der Waals surface area contributed by atoms with E-state index < -0.39 is 10.0 Å². The largest absolute Gasteiger partial charge is 0.361 e. The average Bonchev–Trinajstić information content (AvgIpc) is 3.08. The van der Waals surface area contributed by atoms with Crippen LogP contribution in [0.25, 0.3) is 11.1 Å². The first-order valence-electron chi connectivity index (χ1n) is 10.4. The van der Waals surface area contributed by atoms with Gasteiger partial charge in [0.1, 0.15) is 5.76 Å². The number of sulfonamides is 1. The van der Waals surface area contributed by atoms with E-state index in [9.17, 15) is 8.42 Å². The Labute approximate surface area is 178 Å². The zero-order valence-electron chi connectivity index (χ0n) is 17.8. The molecule has 6 heteroatoms. The molecular weight excluding hydrogens is 396 g/mol. The van der Waals surface area contributed by atoms with Gasteiger partial charge in [0.2, 0.25) is 10.0 Å². The Morgan fingerprint density at radius 2 is 1.73 bits per heavy atom. The van der Waals surface area contributed by atoms with Crippen LogP contribution >= 0.6 is 0 Å². The molecular formula is C24H28N2O3S. The van der Waals surface area contributed by atoms with E-state index in [1.807, 2.05) is 39.0 Å². The fourth-order valence-corrected chi connectivity index (χ4v) is 6.09. The molecule has 1 aromatic heterocycles. The highest BCUT2D eigenvalue weighted by Gasteiger charge is 2.31. The van der Waals surface area contributed by atoms with Crippen LogP contribution in [0.5, 0.6) is 0 Å². The molecule has 158 valence electrons. The van der Waals surface area contributed by atoms with E-state index >= 15 is 0 Å². The van der Waals surface area contributed by atoms with Gasteiger partial charge in [-0.3, -0.25) is 0 Å². The highest BCUT2D eigenvalue weighted by molar-refractivity contribution is 7.89. The van der Waals surface area contributed by atoms with Crippen molar-refractivity contribution in [2.24, 2.45) is 5.92 Å². The minimum absolute atomic E-state index is 0.376. The fourth-order valence-electron chi connectivity index (χ4n) is 4.37. The first-order chi connectivity index (χ1) is 14.4. The Hall–Kier alpha value is -2.44. The van der Waals surface area contributed by atoms with Crippen molar-refractivity contribution in [3.63, 3.8) is 0 Å². The Balaban J connectivity index is 1.54. The maximum absolute atomic E-state index is 13.5. The molecule has 0 aliphatic carbocycles. The second-order valence-corrected chi connectivity index (χ2v) is 10.1. The summed E-state index contributed by atoms with van der Waals surface area (Å²) in [5.41, 5.74) is 4.54. The van der Waals surface area contributed by atoms with E-state index in [1.165, 1.54) is 5.56 Å². The standard InChI is InChI=1S/C24H28N2O3S/c1-17-9-10-22(24-18(2)25-29-19(24)3)16-23(17)30(27,28)26-13-11-21(12-14-26)15-20-7-5-4-6-8-20/h4-10,16,21H,11-15H2,1-3H3. The van der Waals surface area contributed by atoms with Gasteiger partial charge in [-0.2, -0.15) is 4.31 Å². The van der Waals surface area contributed by atoms with Crippen LogP contribution in [-0.4, -0.2) is 31.0 Å². The van der Waals surface area contributed by atoms with Crippen molar-refractivity contribution in [3.05, 3.63) is 71.1 Å². The summed E-state index contributed by atoms with van der Waals surface area (Å²) in [5, 5.41) is 4.00. The molecule has 1 aliphatic rings. The Bertz CT molecular complexity index is 1110. The van der Waals surface area contributed by atoms with Gasteiger partial charge in [0.25, 0.3) is 0 Å². The lowest BCUT2D eigenvalue weighted by Crippen LogP contribution is -2.39. The van der Waals surface area contributed by atoms with Crippen LogP contribution in [0.1, 0.15) is 35.4 Å². The number of nitrogens with zero attached hydrogens (tertiary/aromatic N) is 2. The molecule has 2 aromatic carbocycles. The Morgan fingerprint density at radius 1 is 1.03 bits per heavy atom. The first-order valence-corrected chi connectivity index (χ1v) is 11.9. The second-order valence-electron chi connectivity index (χ2n) is 8.22. The molecule has 4 rings (SSSR count). The molecule has 30 heavy (non-hydrogen) atoms. The number of aromatic nitrogens is 1. The molecule has 0 unspecified atom stereocenters. The molecule has 2 heterocycles. The third-order valence-corrected chi connectivity index (χ3v) is 8.11. The lowest BCUT2D eigenvalue weighted by atomic mass is 9.91. The molecule has 0 radical (unpaired) electrons. The van der Waals surface area contributed by atoms with E-state index in [0.717, 1.165) is 41.6 Å². The molecule has 0 bridgehead atoms. The van der Waals surface area contributed by atoms with Gasteiger partial charge in [-0.25, -0.2) is 8.42 Å². The maximum Gasteiger partial charge on any atom is 0.243 e. The summed E-state index contributed by atoms with van der Waals surface area (Å²) in [6, 6.07) is 16.0. The fraction of sp³-hybridized carbons (Fsp3) is 0.375. The van der Waals surface area contributed by atoms with E-state index in [-0.39, 0.29) is 0 Å². The number of hydrogen-bond acceptors (Lipinski definition) is 4. The number of benzene rings is 2. The summed E-state index contributed by atoms with van der Waals surface area (Å²) >= 11 is 0. The van der Waals surface area contributed by atoms with Crippen LogP contribution < -0.4 is 0 Å². The van der Waals surface area contributed by atoms with E-state index in [0.29, 0.717) is 29.7 Å². The first kappa shape index (κ1) is 20.8. The third-order valence-electron chi connectivity index (χ3n) is 6.07. The van der Waals surface area contributed by atoms with Gasteiger partial charge in [0.15, 0.2) is 0 Å². The summed E-state index contributed by atoms with van der Waals surface area (Å²) in [6.45, 7) is 6.70. The monoisotopic (exact) mass is 424 g/mol. The van der Waals surface area contributed by atoms with Crippen molar-refractivity contribution in [2.75, 3.05) is 13.1 Å². The maximum atomic E-state index is 13.5. The van der Waals surface area contributed by atoms with Crippen LogP contribution in [0.3, 0.4) is 0 Å². The summed E-state index contributed by atoms with van der Waals surface area (Å²) in [5.74, 6) is 1.22. The number of aryl methyl sites for hydroxylation is 3. The van der Waals surface area contributed by atoms with Crippen molar-refractivity contribution < 1.29 is 12.9 Å². The Kier molecular flexibility index (Phi) is 5.80. The van der Waals surface area contributed by atoms with Crippen LogP contribution in [0.15, 0.2) is 57.9 Å². The highest BCUT2D eigenvalue weighted by atomic mass is 32.2. The lowest BCUT2D eigenvalue weighted by molar-refractivity contribution is 0.273. The molecule has 3 aromatic rings. The summed E-state index contributed by atoms with van der Waals surface area (Å²) in [4.78, 5) is 0.376. The summed E-state index contributed by atoms with van der Waals surface area (Å²) in [7, 11) is -3.55. The summed E-state index contributed by atoms with van der Waals surface area (Å²) in [6.07, 6.45) is 2.78. The lowest BCUT2D eigenvalue weighted by Gasteiger charge is -2.31. The smallest absolute Gasteiger partial charge is 0.243 e. The highest BCUT2D eigenvalue weighted by Crippen LogP contribution is 2.32. The topological polar surface area (TPSA) is 63.4 Å². The summed E-state index contributed by atoms with van der Waals surface area (Å²) < 4.78 is 33.8. The van der Waals surface area contributed by atoms with Gasteiger partial charge in [0.05, 0.1) is 10.6 Å². The van der Waals surface area contributed by atoms with Crippen LogP contribution in [0, 0.1) is 26.7 Å². The van der Waals surface area contributed by atoms with Crippen molar-refractivity contribution in [2.45, 2.75) is 44.9 Å². The molecule has 1 saturated heterocycles. The zero-order chi connectivity index (χ0) is 21.3. The van der Waals surface area contributed by atoms with Crippen molar-refractivity contribution in [3.8, 4) is 11.1 Å². The van der Waals surface area contributed by atoms with Gasteiger partial charge in [-0.15, -0.1) is 0 Å². The molecule has 5 nitrogen and oxygen atoms in total. The van der Waals surface area contributed by atoms with E-state index in [4.69, 9.17) is 4.52 Å².